The third-order valence-corrected chi connectivity index (χ3v) is 4.78. The molecule has 1 saturated heterocycles. The van der Waals surface area contributed by atoms with E-state index in [1.165, 1.54) is 0 Å². The van der Waals surface area contributed by atoms with Gasteiger partial charge in [-0.25, -0.2) is 0 Å². The molecule has 1 N–H and O–H groups in total. The van der Waals surface area contributed by atoms with Gasteiger partial charge in [0.15, 0.2) is 6.10 Å². The number of benzene rings is 1. The normalized spacial score (nSPS) is 21.3. The third kappa shape index (κ3) is 3.43. The molecule has 2 heterocycles. The van der Waals surface area contributed by atoms with Crippen LogP contribution in [0.15, 0.2) is 47.8 Å². The van der Waals surface area contributed by atoms with Crippen LogP contribution in [0, 0.1) is 0 Å². The maximum atomic E-state index is 12.6. The van der Waals surface area contributed by atoms with E-state index in [-0.39, 0.29) is 18.4 Å². The molecule has 2 atom stereocenters. The van der Waals surface area contributed by atoms with Crippen molar-refractivity contribution in [3.8, 4) is 0 Å². The molecule has 1 aromatic heterocycles. The number of thiophene rings is 1. The van der Waals surface area contributed by atoms with Crippen molar-refractivity contribution in [3.05, 3.63) is 58.3 Å². The van der Waals surface area contributed by atoms with Gasteiger partial charge in [-0.05, 0) is 17.0 Å². The Morgan fingerprint density at radius 1 is 1.30 bits per heavy atom. The highest BCUT2D eigenvalue weighted by Crippen LogP contribution is 2.29. The molecule has 2 amide bonds. The van der Waals surface area contributed by atoms with Gasteiger partial charge < -0.3 is 15.0 Å². The summed E-state index contributed by atoms with van der Waals surface area (Å²) in [4.78, 5) is 27.2. The van der Waals surface area contributed by atoms with E-state index in [9.17, 15) is 9.59 Å². The number of carbonyl (C=O) groups is 2. The van der Waals surface area contributed by atoms with Crippen LogP contribution in [0.4, 0.5) is 0 Å². The SMILES string of the molecule is CN1C(=O)CO[C@H](C(=O)NCc2cccs2)[C@@H]1c1ccccc1. The molecule has 1 aromatic carbocycles. The summed E-state index contributed by atoms with van der Waals surface area (Å²) in [5.74, 6) is -0.326. The Morgan fingerprint density at radius 3 is 2.78 bits per heavy atom. The lowest BCUT2D eigenvalue weighted by molar-refractivity contribution is -0.162. The van der Waals surface area contributed by atoms with Crippen molar-refractivity contribution in [2.24, 2.45) is 0 Å². The number of carbonyl (C=O) groups excluding carboxylic acids is 2. The molecule has 23 heavy (non-hydrogen) atoms. The van der Waals surface area contributed by atoms with Crippen LogP contribution < -0.4 is 5.32 Å². The highest BCUT2D eigenvalue weighted by atomic mass is 32.1. The summed E-state index contributed by atoms with van der Waals surface area (Å²) in [6.45, 7) is 0.395. The summed E-state index contributed by atoms with van der Waals surface area (Å²) in [6, 6.07) is 13.0. The molecule has 0 bridgehead atoms. The van der Waals surface area contributed by atoms with Crippen molar-refractivity contribution >= 4 is 23.2 Å². The first kappa shape index (κ1) is 15.7. The molecule has 1 fully saturated rings. The zero-order chi connectivity index (χ0) is 16.2. The van der Waals surface area contributed by atoms with E-state index < -0.39 is 12.1 Å². The smallest absolute Gasteiger partial charge is 0.251 e. The zero-order valence-corrected chi connectivity index (χ0v) is 13.6. The quantitative estimate of drug-likeness (QED) is 0.932. The van der Waals surface area contributed by atoms with Gasteiger partial charge in [0, 0.05) is 11.9 Å². The van der Waals surface area contributed by atoms with Gasteiger partial charge in [0.05, 0.1) is 12.6 Å². The first-order valence-electron chi connectivity index (χ1n) is 7.39. The van der Waals surface area contributed by atoms with E-state index in [1.54, 1.807) is 23.3 Å². The second-order valence-electron chi connectivity index (χ2n) is 5.39. The largest absolute Gasteiger partial charge is 0.356 e. The van der Waals surface area contributed by atoms with E-state index in [0.29, 0.717) is 6.54 Å². The van der Waals surface area contributed by atoms with Gasteiger partial charge in [-0.15, -0.1) is 11.3 Å². The van der Waals surface area contributed by atoms with E-state index in [2.05, 4.69) is 5.32 Å². The molecule has 0 radical (unpaired) electrons. The van der Waals surface area contributed by atoms with E-state index >= 15 is 0 Å². The number of ether oxygens (including phenoxy) is 1. The van der Waals surface area contributed by atoms with E-state index in [0.717, 1.165) is 10.4 Å². The van der Waals surface area contributed by atoms with Crippen LogP contribution in [0.5, 0.6) is 0 Å². The van der Waals surface area contributed by atoms with Gasteiger partial charge >= 0.3 is 0 Å². The zero-order valence-electron chi connectivity index (χ0n) is 12.8. The van der Waals surface area contributed by atoms with Crippen molar-refractivity contribution in [1.29, 1.82) is 0 Å². The van der Waals surface area contributed by atoms with Crippen molar-refractivity contribution < 1.29 is 14.3 Å². The number of nitrogens with one attached hydrogen (secondary N) is 1. The van der Waals surface area contributed by atoms with E-state index in [4.69, 9.17) is 4.74 Å². The summed E-state index contributed by atoms with van der Waals surface area (Å²) in [5, 5.41) is 4.87. The predicted octanol–water partition coefficient (Wildman–Crippen LogP) is 1.96. The van der Waals surface area contributed by atoms with Gasteiger partial charge in [-0.1, -0.05) is 36.4 Å². The maximum Gasteiger partial charge on any atom is 0.251 e. The summed E-state index contributed by atoms with van der Waals surface area (Å²) in [7, 11) is 1.71. The Bertz CT molecular complexity index is 672. The molecule has 0 saturated carbocycles. The van der Waals surface area contributed by atoms with Crippen LogP contribution >= 0.6 is 11.3 Å². The number of morpholine rings is 1. The van der Waals surface area contributed by atoms with Crippen LogP contribution in [-0.4, -0.2) is 36.5 Å². The van der Waals surface area contributed by atoms with Crippen LogP contribution in [-0.2, 0) is 20.9 Å². The first-order chi connectivity index (χ1) is 11.2. The summed E-state index contributed by atoms with van der Waals surface area (Å²) in [5.41, 5.74) is 0.888. The number of nitrogens with zero attached hydrogens (tertiary/aromatic N) is 1. The molecule has 2 aromatic rings. The lowest BCUT2D eigenvalue weighted by Crippen LogP contribution is -2.52. The Morgan fingerprint density at radius 2 is 2.09 bits per heavy atom. The van der Waals surface area contributed by atoms with Crippen LogP contribution in [0.1, 0.15) is 16.5 Å². The average molecular weight is 330 g/mol. The van der Waals surface area contributed by atoms with Crippen molar-refractivity contribution in [2.75, 3.05) is 13.7 Å². The van der Waals surface area contributed by atoms with Crippen molar-refractivity contribution in [1.82, 2.24) is 10.2 Å². The Kier molecular flexibility index (Phi) is 4.73. The minimum absolute atomic E-state index is 0.0725. The molecule has 0 aliphatic carbocycles. The monoisotopic (exact) mass is 330 g/mol. The summed E-state index contributed by atoms with van der Waals surface area (Å²) in [6.07, 6.45) is -0.708. The van der Waals surface area contributed by atoms with Gasteiger partial charge in [0.2, 0.25) is 5.91 Å². The van der Waals surface area contributed by atoms with Crippen LogP contribution in [0.25, 0.3) is 0 Å². The lowest BCUT2D eigenvalue weighted by Gasteiger charge is -2.38. The fourth-order valence-corrected chi connectivity index (χ4v) is 3.31. The highest BCUT2D eigenvalue weighted by Gasteiger charge is 2.39. The molecule has 1 aliphatic rings. The molecule has 6 heteroatoms. The van der Waals surface area contributed by atoms with Gasteiger partial charge in [-0.3, -0.25) is 9.59 Å². The second-order valence-corrected chi connectivity index (χ2v) is 6.42. The standard InChI is InChI=1S/C17H18N2O3S/c1-19-14(20)11-22-16(15(19)12-6-3-2-4-7-12)17(21)18-10-13-8-5-9-23-13/h2-9,15-16H,10-11H2,1H3,(H,18,21)/t15-,16-/m0/s1. The molecular weight excluding hydrogens is 312 g/mol. The first-order valence-corrected chi connectivity index (χ1v) is 8.27. The molecule has 3 rings (SSSR count). The third-order valence-electron chi connectivity index (χ3n) is 3.90. The Balaban J connectivity index is 1.77. The highest BCUT2D eigenvalue weighted by molar-refractivity contribution is 7.09. The van der Waals surface area contributed by atoms with Gasteiger partial charge in [-0.2, -0.15) is 0 Å². The van der Waals surface area contributed by atoms with Gasteiger partial charge in [0.1, 0.15) is 6.61 Å². The minimum atomic E-state index is -0.708. The number of likely N-dealkylation sites (N-methyl/N-ethyl adjacent to an activating group) is 1. The fourth-order valence-electron chi connectivity index (χ4n) is 2.67. The number of rotatable bonds is 4. The summed E-state index contributed by atoms with van der Waals surface area (Å²) >= 11 is 1.59. The number of amides is 2. The summed E-state index contributed by atoms with van der Waals surface area (Å²) < 4.78 is 5.56. The second kappa shape index (κ2) is 6.93. The van der Waals surface area contributed by atoms with Gasteiger partial charge in [0.25, 0.3) is 5.91 Å². The molecule has 0 unspecified atom stereocenters. The minimum Gasteiger partial charge on any atom is -0.356 e. The van der Waals surface area contributed by atoms with E-state index in [1.807, 2.05) is 47.8 Å². The predicted molar refractivity (Wildman–Crippen MR) is 87.9 cm³/mol. The number of hydrogen-bond acceptors (Lipinski definition) is 4. The molecule has 1 aliphatic heterocycles. The lowest BCUT2D eigenvalue weighted by atomic mass is 9.97. The molecule has 120 valence electrons. The fraction of sp³-hybridized carbons (Fsp3) is 0.294. The van der Waals surface area contributed by atoms with Crippen LogP contribution in [0.3, 0.4) is 0 Å². The topological polar surface area (TPSA) is 58.6 Å². The van der Waals surface area contributed by atoms with Crippen molar-refractivity contribution in [2.45, 2.75) is 18.7 Å². The number of hydrogen-bond donors (Lipinski definition) is 1. The van der Waals surface area contributed by atoms with Crippen molar-refractivity contribution in [3.63, 3.8) is 0 Å². The Labute approximate surface area is 138 Å². The molecular formula is C17H18N2O3S. The van der Waals surface area contributed by atoms with Crippen LogP contribution in [0.2, 0.25) is 0 Å². The molecule has 5 nitrogen and oxygen atoms in total. The average Bonchev–Trinajstić information content (AvgIpc) is 3.09. The molecule has 0 spiro atoms. The Hall–Kier alpha value is -2.18. The maximum absolute atomic E-state index is 12.6.